The molecule has 1 amide bonds. The maximum Gasteiger partial charge on any atom is 0.263 e. The van der Waals surface area contributed by atoms with Crippen molar-refractivity contribution in [3.63, 3.8) is 0 Å². The number of rotatable bonds is 4. The van der Waals surface area contributed by atoms with Crippen molar-refractivity contribution in [2.24, 2.45) is 5.73 Å². The molecule has 3 N–H and O–H groups in total. The molecular weight excluding hydrogens is 258 g/mol. The fourth-order valence-corrected chi connectivity index (χ4v) is 2.57. The molecule has 100 valence electrons. The second-order valence-corrected chi connectivity index (χ2v) is 5.59. The van der Waals surface area contributed by atoms with Gasteiger partial charge in [0.25, 0.3) is 5.91 Å². The van der Waals surface area contributed by atoms with Crippen LogP contribution in [0.3, 0.4) is 0 Å². The quantitative estimate of drug-likeness (QED) is 0.898. The third kappa shape index (κ3) is 3.19. The summed E-state index contributed by atoms with van der Waals surface area (Å²) in [5.41, 5.74) is 7.22. The van der Waals surface area contributed by atoms with Crippen molar-refractivity contribution < 1.29 is 4.79 Å². The summed E-state index contributed by atoms with van der Waals surface area (Å²) in [5, 5.41) is 3.75. The molecule has 1 heterocycles. The van der Waals surface area contributed by atoms with E-state index in [1.807, 2.05) is 44.2 Å². The molecule has 2 aromatic rings. The molecule has 5 heteroatoms. The van der Waals surface area contributed by atoms with E-state index < -0.39 is 0 Å². The molecule has 0 unspecified atom stereocenters. The number of benzene rings is 1. The molecule has 0 bridgehead atoms. The summed E-state index contributed by atoms with van der Waals surface area (Å²) in [6.07, 6.45) is 0. The van der Waals surface area contributed by atoms with Gasteiger partial charge in [-0.1, -0.05) is 30.3 Å². The Morgan fingerprint density at radius 2 is 2.11 bits per heavy atom. The lowest BCUT2D eigenvalue weighted by Crippen LogP contribution is -2.37. The van der Waals surface area contributed by atoms with E-state index >= 15 is 0 Å². The SMILES string of the molecule is Cc1nc(-c2ccccc2)c(C(=O)N[C@@H](C)CN)s1. The van der Waals surface area contributed by atoms with Gasteiger partial charge in [0.1, 0.15) is 4.88 Å². The molecule has 0 saturated carbocycles. The first-order chi connectivity index (χ1) is 9.11. The number of thiazole rings is 1. The van der Waals surface area contributed by atoms with E-state index in [1.54, 1.807) is 0 Å². The van der Waals surface area contributed by atoms with E-state index in [0.717, 1.165) is 16.3 Å². The van der Waals surface area contributed by atoms with E-state index in [-0.39, 0.29) is 11.9 Å². The van der Waals surface area contributed by atoms with Gasteiger partial charge in [0, 0.05) is 18.2 Å². The Hall–Kier alpha value is -1.72. The predicted octanol–water partition coefficient (Wildman–Crippen LogP) is 2.20. The second-order valence-electron chi connectivity index (χ2n) is 4.39. The molecule has 0 radical (unpaired) electrons. The van der Waals surface area contributed by atoms with Crippen LogP contribution in [-0.2, 0) is 0 Å². The Balaban J connectivity index is 2.34. The lowest BCUT2D eigenvalue weighted by Gasteiger charge is -2.10. The van der Waals surface area contributed by atoms with Crippen LogP contribution in [0.1, 0.15) is 21.6 Å². The highest BCUT2D eigenvalue weighted by Gasteiger charge is 2.18. The summed E-state index contributed by atoms with van der Waals surface area (Å²) in [4.78, 5) is 17.3. The lowest BCUT2D eigenvalue weighted by molar-refractivity contribution is 0.0946. The molecular formula is C14H17N3OS. The highest BCUT2D eigenvalue weighted by molar-refractivity contribution is 7.14. The Kier molecular flexibility index (Phi) is 4.29. The van der Waals surface area contributed by atoms with Gasteiger partial charge >= 0.3 is 0 Å². The van der Waals surface area contributed by atoms with Crippen LogP contribution in [-0.4, -0.2) is 23.5 Å². The van der Waals surface area contributed by atoms with E-state index in [4.69, 9.17) is 5.73 Å². The van der Waals surface area contributed by atoms with Crippen LogP contribution in [0.15, 0.2) is 30.3 Å². The molecule has 0 saturated heterocycles. The van der Waals surface area contributed by atoms with Crippen molar-refractivity contribution in [2.45, 2.75) is 19.9 Å². The fraction of sp³-hybridized carbons (Fsp3) is 0.286. The van der Waals surface area contributed by atoms with Crippen LogP contribution < -0.4 is 11.1 Å². The largest absolute Gasteiger partial charge is 0.348 e. The topological polar surface area (TPSA) is 68.0 Å². The molecule has 19 heavy (non-hydrogen) atoms. The molecule has 2 rings (SSSR count). The number of aromatic nitrogens is 1. The lowest BCUT2D eigenvalue weighted by atomic mass is 10.1. The van der Waals surface area contributed by atoms with Crippen molar-refractivity contribution in [3.8, 4) is 11.3 Å². The zero-order chi connectivity index (χ0) is 13.8. The van der Waals surface area contributed by atoms with Crippen LogP contribution >= 0.6 is 11.3 Å². The van der Waals surface area contributed by atoms with E-state index in [0.29, 0.717) is 11.4 Å². The van der Waals surface area contributed by atoms with Crippen molar-refractivity contribution in [1.82, 2.24) is 10.3 Å². The summed E-state index contributed by atoms with van der Waals surface area (Å²) in [5.74, 6) is -0.109. The van der Waals surface area contributed by atoms with Crippen LogP contribution in [0.2, 0.25) is 0 Å². The average molecular weight is 275 g/mol. The normalized spacial score (nSPS) is 12.2. The highest BCUT2D eigenvalue weighted by atomic mass is 32.1. The van der Waals surface area contributed by atoms with E-state index in [2.05, 4.69) is 10.3 Å². The maximum atomic E-state index is 12.2. The number of nitrogens with two attached hydrogens (primary N) is 1. The Morgan fingerprint density at radius 3 is 2.74 bits per heavy atom. The average Bonchev–Trinajstić information content (AvgIpc) is 2.82. The summed E-state index contributed by atoms with van der Waals surface area (Å²) < 4.78 is 0. The van der Waals surface area contributed by atoms with Gasteiger partial charge in [-0.25, -0.2) is 4.98 Å². The number of hydrogen-bond acceptors (Lipinski definition) is 4. The maximum absolute atomic E-state index is 12.2. The van der Waals surface area contributed by atoms with Gasteiger partial charge in [0.2, 0.25) is 0 Å². The first kappa shape index (κ1) is 13.7. The summed E-state index contributed by atoms with van der Waals surface area (Å²) >= 11 is 1.41. The van der Waals surface area contributed by atoms with Crippen LogP contribution in [0, 0.1) is 6.92 Å². The van der Waals surface area contributed by atoms with Crippen LogP contribution in [0.5, 0.6) is 0 Å². The van der Waals surface area contributed by atoms with Gasteiger partial charge in [-0.3, -0.25) is 4.79 Å². The molecule has 0 spiro atoms. The number of nitrogens with zero attached hydrogens (tertiary/aromatic N) is 1. The summed E-state index contributed by atoms with van der Waals surface area (Å²) in [7, 11) is 0. The fourth-order valence-electron chi connectivity index (χ4n) is 1.72. The van der Waals surface area contributed by atoms with Gasteiger partial charge < -0.3 is 11.1 Å². The highest BCUT2D eigenvalue weighted by Crippen LogP contribution is 2.27. The molecule has 1 atom stereocenters. The molecule has 0 aliphatic carbocycles. The van der Waals surface area contributed by atoms with Gasteiger partial charge in [-0.15, -0.1) is 11.3 Å². The molecule has 1 aromatic carbocycles. The molecule has 4 nitrogen and oxygen atoms in total. The molecule has 0 aliphatic rings. The molecule has 1 aromatic heterocycles. The monoisotopic (exact) mass is 275 g/mol. The van der Waals surface area contributed by atoms with Crippen molar-refractivity contribution in [2.75, 3.05) is 6.54 Å². The summed E-state index contributed by atoms with van der Waals surface area (Å²) in [6.45, 7) is 4.21. The predicted molar refractivity (Wildman–Crippen MR) is 78.3 cm³/mol. The first-order valence-electron chi connectivity index (χ1n) is 6.15. The molecule has 0 aliphatic heterocycles. The van der Waals surface area contributed by atoms with Crippen molar-refractivity contribution >= 4 is 17.2 Å². The second kappa shape index (κ2) is 5.95. The summed E-state index contributed by atoms with van der Waals surface area (Å²) in [6, 6.07) is 9.69. The smallest absolute Gasteiger partial charge is 0.263 e. The Bertz CT molecular complexity index is 565. The van der Waals surface area contributed by atoms with Gasteiger partial charge in [-0.2, -0.15) is 0 Å². The van der Waals surface area contributed by atoms with Gasteiger partial charge in [0.15, 0.2) is 0 Å². The number of hydrogen-bond donors (Lipinski definition) is 2. The van der Waals surface area contributed by atoms with Crippen molar-refractivity contribution in [3.05, 3.63) is 40.2 Å². The Morgan fingerprint density at radius 1 is 1.42 bits per heavy atom. The van der Waals surface area contributed by atoms with Crippen LogP contribution in [0.25, 0.3) is 11.3 Å². The zero-order valence-electron chi connectivity index (χ0n) is 11.0. The number of amides is 1. The van der Waals surface area contributed by atoms with Gasteiger partial charge in [-0.05, 0) is 13.8 Å². The van der Waals surface area contributed by atoms with Gasteiger partial charge in [0.05, 0.1) is 10.7 Å². The van der Waals surface area contributed by atoms with Crippen molar-refractivity contribution in [1.29, 1.82) is 0 Å². The number of carbonyl (C=O) groups is 1. The molecule has 0 fully saturated rings. The number of aryl methyl sites for hydroxylation is 1. The standard InChI is InChI=1S/C14H17N3OS/c1-9(8-15)16-14(18)13-12(17-10(2)19-13)11-6-4-3-5-7-11/h3-7,9H,8,15H2,1-2H3,(H,16,18)/t9-/m0/s1. The zero-order valence-corrected chi connectivity index (χ0v) is 11.8. The third-order valence-electron chi connectivity index (χ3n) is 2.72. The number of carbonyl (C=O) groups excluding carboxylic acids is 1. The minimum Gasteiger partial charge on any atom is -0.348 e. The van der Waals surface area contributed by atoms with E-state index in [9.17, 15) is 4.79 Å². The minimum absolute atomic E-state index is 0.0430. The first-order valence-corrected chi connectivity index (χ1v) is 6.97. The third-order valence-corrected chi connectivity index (χ3v) is 3.69. The van der Waals surface area contributed by atoms with E-state index in [1.165, 1.54) is 11.3 Å². The minimum atomic E-state index is -0.109. The van der Waals surface area contributed by atoms with Crippen LogP contribution in [0.4, 0.5) is 0 Å². The number of nitrogens with one attached hydrogen (secondary N) is 1. The Labute approximate surface area is 116 Å².